The molecule has 0 N–H and O–H groups in total. The van der Waals surface area contributed by atoms with Gasteiger partial charge in [0.25, 0.3) is 0 Å². The van der Waals surface area contributed by atoms with Crippen LogP contribution in [0.1, 0.15) is 20.7 Å². The lowest BCUT2D eigenvalue weighted by Gasteiger charge is -2.08. The van der Waals surface area contributed by atoms with Gasteiger partial charge < -0.3 is 4.74 Å². The van der Waals surface area contributed by atoms with Crippen molar-refractivity contribution >= 4 is 12.6 Å². The fourth-order valence-electron chi connectivity index (χ4n) is 1.86. The van der Waals surface area contributed by atoms with Gasteiger partial charge in [-0.25, -0.2) is 0 Å². The molecule has 3 heteroatoms. The number of ether oxygens (including phenoxy) is 1. The van der Waals surface area contributed by atoms with Crippen LogP contribution in [0.25, 0.3) is 11.1 Å². The average molecular weight is 240 g/mol. The Labute approximate surface area is 105 Å². The number of benzene rings is 2. The third kappa shape index (κ3) is 2.15. The first-order valence-corrected chi connectivity index (χ1v) is 5.48. The summed E-state index contributed by atoms with van der Waals surface area (Å²) < 4.78 is 5.08. The molecule has 0 aromatic heterocycles. The minimum absolute atomic E-state index is 0.468. The largest absolute Gasteiger partial charge is 0.496 e. The fourth-order valence-corrected chi connectivity index (χ4v) is 1.86. The molecule has 0 saturated heterocycles. The number of hydrogen-bond acceptors (Lipinski definition) is 3. The topological polar surface area (TPSA) is 43.4 Å². The summed E-state index contributed by atoms with van der Waals surface area (Å²) in [7, 11) is 1.52. The van der Waals surface area contributed by atoms with E-state index in [0.717, 1.165) is 23.7 Å². The summed E-state index contributed by atoms with van der Waals surface area (Å²) >= 11 is 0. The molecule has 0 amide bonds. The molecule has 3 nitrogen and oxygen atoms in total. The summed E-state index contributed by atoms with van der Waals surface area (Å²) in [5, 5.41) is 0. The molecule has 0 fully saturated rings. The van der Waals surface area contributed by atoms with E-state index in [4.69, 9.17) is 4.74 Å². The molecule has 0 aliphatic heterocycles. The third-order valence-electron chi connectivity index (χ3n) is 2.76. The van der Waals surface area contributed by atoms with Gasteiger partial charge in [-0.3, -0.25) is 9.59 Å². The lowest BCUT2D eigenvalue weighted by molar-refractivity contribution is 0.111. The predicted octanol–water partition coefficient (Wildman–Crippen LogP) is 2.99. The summed E-state index contributed by atoms with van der Waals surface area (Å²) in [6.07, 6.45) is 1.55. The van der Waals surface area contributed by atoms with Crippen molar-refractivity contribution in [3.8, 4) is 16.9 Å². The van der Waals surface area contributed by atoms with Gasteiger partial charge in [-0.15, -0.1) is 0 Å². The van der Waals surface area contributed by atoms with Crippen LogP contribution < -0.4 is 4.74 Å². The molecule has 0 heterocycles. The Morgan fingerprint density at radius 1 is 0.944 bits per heavy atom. The molecule has 0 atom stereocenters. The highest BCUT2D eigenvalue weighted by molar-refractivity contribution is 5.90. The lowest BCUT2D eigenvalue weighted by atomic mass is 9.98. The van der Waals surface area contributed by atoms with E-state index in [-0.39, 0.29) is 0 Å². The van der Waals surface area contributed by atoms with Crippen molar-refractivity contribution in [2.75, 3.05) is 7.11 Å². The highest BCUT2D eigenvalue weighted by Gasteiger charge is 2.07. The zero-order valence-corrected chi connectivity index (χ0v) is 9.92. The Kier molecular flexibility index (Phi) is 3.53. The van der Waals surface area contributed by atoms with Crippen molar-refractivity contribution in [1.82, 2.24) is 0 Å². The highest BCUT2D eigenvalue weighted by Crippen LogP contribution is 2.27. The SMILES string of the molecule is COc1ccc(-c2ccccc2C=O)cc1C=O. The van der Waals surface area contributed by atoms with E-state index in [2.05, 4.69) is 0 Å². The van der Waals surface area contributed by atoms with Crippen LogP contribution >= 0.6 is 0 Å². The van der Waals surface area contributed by atoms with Crippen LogP contribution in [0.2, 0.25) is 0 Å². The van der Waals surface area contributed by atoms with Crippen LogP contribution in [-0.4, -0.2) is 19.7 Å². The second-order valence-electron chi connectivity index (χ2n) is 3.78. The van der Waals surface area contributed by atoms with E-state index in [1.165, 1.54) is 7.11 Å². The maximum atomic E-state index is 11.0. The second kappa shape index (κ2) is 5.27. The maximum Gasteiger partial charge on any atom is 0.153 e. The molecule has 0 aliphatic carbocycles. The summed E-state index contributed by atoms with van der Waals surface area (Å²) in [4.78, 5) is 22.0. The molecular weight excluding hydrogens is 228 g/mol. The van der Waals surface area contributed by atoms with E-state index >= 15 is 0 Å². The average Bonchev–Trinajstić information content (AvgIpc) is 2.46. The summed E-state index contributed by atoms with van der Waals surface area (Å²) in [6, 6.07) is 12.5. The number of aldehydes is 2. The van der Waals surface area contributed by atoms with Crippen molar-refractivity contribution in [2.45, 2.75) is 0 Å². The Morgan fingerprint density at radius 3 is 2.33 bits per heavy atom. The predicted molar refractivity (Wildman–Crippen MR) is 69.2 cm³/mol. The molecule has 0 unspecified atom stereocenters. The van der Waals surface area contributed by atoms with Crippen molar-refractivity contribution < 1.29 is 14.3 Å². The van der Waals surface area contributed by atoms with Crippen LogP contribution in [0.4, 0.5) is 0 Å². The summed E-state index contributed by atoms with van der Waals surface area (Å²) in [5.41, 5.74) is 2.69. The van der Waals surface area contributed by atoms with E-state index in [1.807, 2.05) is 18.2 Å². The van der Waals surface area contributed by atoms with Gasteiger partial charge in [-0.1, -0.05) is 30.3 Å². The van der Waals surface area contributed by atoms with Crippen molar-refractivity contribution in [1.29, 1.82) is 0 Å². The molecule has 0 aliphatic rings. The van der Waals surface area contributed by atoms with Crippen molar-refractivity contribution in [3.05, 3.63) is 53.6 Å². The minimum atomic E-state index is 0.468. The normalized spacial score (nSPS) is 9.83. The molecule has 0 bridgehead atoms. The maximum absolute atomic E-state index is 11.0. The number of methoxy groups -OCH3 is 1. The monoisotopic (exact) mass is 240 g/mol. The molecule has 0 radical (unpaired) electrons. The van der Waals surface area contributed by atoms with Gasteiger partial charge in [0.15, 0.2) is 12.6 Å². The molecule has 2 aromatic rings. The Hall–Kier alpha value is -2.42. The van der Waals surface area contributed by atoms with Gasteiger partial charge in [0.05, 0.1) is 12.7 Å². The van der Waals surface area contributed by atoms with Gasteiger partial charge in [0.2, 0.25) is 0 Å². The first-order chi connectivity index (χ1) is 8.80. The third-order valence-corrected chi connectivity index (χ3v) is 2.76. The van der Waals surface area contributed by atoms with Crippen LogP contribution in [0, 0.1) is 0 Å². The van der Waals surface area contributed by atoms with E-state index in [9.17, 15) is 9.59 Å². The van der Waals surface area contributed by atoms with Crippen LogP contribution in [0.3, 0.4) is 0 Å². The van der Waals surface area contributed by atoms with Gasteiger partial charge in [-0.05, 0) is 23.3 Å². The molecule has 2 rings (SSSR count). The zero-order valence-electron chi connectivity index (χ0n) is 9.92. The first kappa shape index (κ1) is 12.0. The van der Waals surface area contributed by atoms with Gasteiger partial charge in [0.1, 0.15) is 5.75 Å². The number of carbonyl (C=O) groups is 2. The van der Waals surface area contributed by atoms with Gasteiger partial charge in [0, 0.05) is 5.56 Å². The van der Waals surface area contributed by atoms with Gasteiger partial charge >= 0.3 is 0 Å². The van der Waals surface area contributed by atoms with Crippen molar-refractivity contribution in [2.24, 2.45) is 0 Å². The van der Waals surface area contributed by atoms with Crippen LogP contribution in [0.5, 0.6) is 5.75 Å². The minimum Gasteiger partial charge on any atom is -0.496 e. The number of carbonyl (C=O) groups excluding carboxylic acids is 2. The fraction of sp³-hybridized carbons (Fsp3) is 0.0667. The standard InChI is InChI=1S/C15H12O3/c1-18-15-7-6-11(8-13(15)10-17)14-5-3-2-4-12(14)9-16/h2-10H,1H3. The molecule has 90 valence electrons. The first-order valence-electron chi connectivity index (χ1n) is 5.48. The molecule has 2 aromatic carbocycles. The smallest absolute Gasteiger partial charge is 0.153 e. The molecule has 18 heavy (non-hydrogen) atoms. The highest BCUT2D eigenvalue weighted by atomic mass is 16.5. The van der Waals surface area contributed by atoms with Crippen LogP contribution in [0.15, 0.2) is 42.5 Å². The number of rotatable bonds is 4. The molecular formula is C15H12O3. The number of hydrogen-bond donors (Lipinski definition) is 0. The quantitative estimate of drug-likeness (QED) is 0.771. The van der Waals surface area contributed by atoms with Crippen molar-refractivity contribution in [3.63, 3.8) is 0 Å². The lowest BCUT2D eigenvalue weighted by Crippen LogP contribution is -1.92. The summed E-state index contributed by atoms with van der Waals surface area (Å²) in [5.74, 6) is 0.525. The summed E-state index contributed by atoms with van der Waals surface area (Å²) in [6.45, 7) is 0. The van der Waals surface area contributed by atoms with E-state index < -0.39 is 0 Å². The van der Waals surface area contributed by atoms with Gasteiger partial charge in [-0.2, -0.15) is 0 Å². The Balaban J connectivity index is 2.57. The molecule has 0 spiro atoms. The Morgan fingerprint density at radius 2 is 1.67 bits per heavy atom. The van der Waals surface area contributed by atoms with E-state index in [1.54, 1.807) is 24.3 Å². The van der Waals surface area contributed by atoms with E-state index in [0.29, 0.717) is 16.9 Å². The Bertz CT molecular complexity index is 588. The molecule has 0 saturated carbocycles. The zero-order chi connectivity index (χ0) is 13.0. The second-order valence-corrected chi connectivity index (χ2v) is 3.78. The van der Waals surface area contributed by atoms with Crippen LogP contribution in [-0.2, 0) is 0 Å².